The molecule has 0 fully saturated rings. The molecule has 0 spiro atoms. The second kappa shape index (κ2) is 11.0. The summed E-state index contributed by atoms with van der Waals surface area (Å²) in [5.74, 6) is 8.46. The summed E-state index contributed by atoms with van der Waals surface area (Å²) >= 11 is 2.87. The molecular formula is C23H24N6O3S2. The maximum Gasteiger partial charge on any atom is 0.231 e. The second-order valence-corrected chi connectivity index (χ2v) is 9.18. The first kappa shape index (κ1) is 23.6. The van der Waals surface area contributed by atoms with E-state index in [0.29, 0.717) is 28.2 Å². The van der Waals surface area contributed by atoms with Crippen molar-refractivity contribution in [2.24, 2.45) is 0 Å². The fraction of sp³-hybridized carbons (Fsp3) is 0.217. The molecular weight excluding hydrogens is 472 g/mol. The molecule has 1 amide bonds. The van der Waals surface area contributed by atoms with Crippen molar-refractivity contribution < 1.29 is 14.3 Å². The minimum absolute atomic E-state index is 0.0924. The Kier molecular flexibility index (Phi) is 7.65. The summed E-state index contributed by atoms with van der Waals surface area (Å²) in [6.45, 7) is 2.13. The number of nitrogen functional groups attached to an aromatic ring is 1. The number of benzene rings is 2. The number of amides is 1. The Morgan fingerprint density at radius 1 is 1.18 bits per heavy atom. The molecule has 2 heterocycles. The Bertz CT molecular complexity index is 1270. The van der Waals surface area contributed by atoms with Crippen LogP contribution in [0.15, 0.2) is 59.1 Å². The fourth-order valence-corrected chi connectivity index (χ4v) is 4.69. The number of hydrogen-bond acceptors (Lipinski definition) is 9. The number of nitrogens with zero attached hydrogens (tertiary/aromatic N) is 4. The van der Waals surface area contributed by atoms with Gasteiger partial charge < -0.3 is 20.6 Å². The number of hydrogen-bond donors (Lipinski definition) is 2. The third kappa shape index (κ3) is 6.06. The number of ether oxygens (including phenoxy) is 2. The number of rotatable bonds is 10. The van der Waals surface area contributed by atoms with Crippen LogP contribution in [0.1, 0.15) is 22.1 Å². The van der Waals surface area contributed by atoms with Crippen LogP contribution in [-0.4, -0.2) is 32.9 Å². The van der Waals surface area contributed by atoms with Crippen LogP contribution in [-0.2, 0) is 23.6 Å². The lowest BCUT2D eigenvalue weighted by atomic mass is 10.2. The van der Waals surface area contributed by atoms with Crippen molar-refractivity contribution in [2.45, 2.75) is 30.9 Å². The lowest BCUT2D eigenvalue weighted by Crippen LogP contribution is -2.16. The molecule has 4 rings (SSSR count). The number of anilines is 1. The highest BCUT2D eigenvalue weighted by Crippen LogP contribution is 2.24. The average Bonchev–Trinajstić information content (AvgIpc) is 3.43. The number of aromatic nitrogens is 4. The number of thioether (sulfide) groups is 1. The molecule has 34 heavy (non-hydrogen) atoms. The molecule has 0 unspecified atom stereocenters. The van der Waals surface area contributed by atoms with Crippen LogP contribution in [0, 0.1) is 6.92 Å². The lowest BCUT2D eigenvalue weighted by molar-refractivity contribution is -0.115. The monoisotopic (exact) mass is 496 g/mol. The van der Waals surface area contributed by atoms with Crippen LogP contribution in [0.25, 0.3) is 0 Å². The van der Waals surface area contributed by atoms with Crippen LogP contribution in [0.3, 0.4) is 0 Å². The highest BCUT2D eigenvalue weighted by Gasteiger charge is 2.14. The largest absolute Gasteiger partial charge is 0.497 e. The molecule has 2 aromatic carbocycles. The molecule has 4 aromatic rings. The van der Waals surface area contributed by atoms with Gasteiger partial charge >= 0.3 is 0 Å². The first-order valence-electron chi connectivity index (χ1n) is 10.4. The molecule has 9 nitrogen and oxygen atoms in total. The minimum Gasteiger partial charge on any atom is -0.497 e. The highest BCUT2D eigenvalue weighted by molar-refractivity contribution is 7.98. The van der Waals surface area contributed by atoms with Gasteiger partial charge in [0.15, 0.2) is 5.82 Å². The summed E-state index contributed by atoms with van der Waals surface area (Å²) in [5.41, 5.74) is 2.69. The van der Waals surface area contributed by atoms with E-state index in [2.05, 4.69) is 20.5 Å². The van der Waals surface area contributed by atoms with E-state index < -0.39 is 0 Å². The summed E-state index contributed by atoms with van der Waals surface area (Å²) in [6.07, 6.45) is 0.225. The van der Waals surface area contributed by atoms with Gasteiger partial charge in [0.1, 0.15) is 23.1 Å². The summed E-state index contributed by atoms with van der Waals surface area (Å²) in [5, 5.41) is 14.4. The number of methoxy groups -OCH3 is 1. The lowest BCUT2D eigenvalue weighted by Gasteiger charge is -2.07. The Hall–Kier alpha value is -3.57. The van der Waals surface area contributed by atoms with Crippen molar-refractivity contribution in [1.82, 2.24) is 19.9 Å². The summed E-state index contributed by atoms with van der Waals surface area (Å²) < 4.78 is 12.3. The molecule has 0 saturated carbocycles. The number of carbonyl (C=O) groups excluding carboxylic acids is 1. The van der Waals surface area contributed by atoms with E-state index in [1.165, 1.54) is 27.8 Å². The molecule has 0 atom stereocenters. The first-order chi connectivity index (χ1) is 16.5. The maximum absolute atomic E-state index is 12.4. The molecule has 176 valence electrons. The Labute approximate surface area is 205 Å². The normalized spacial score (nSPS) is 10.8. The van der Waals surface area contributed by atoms with E-state index in [0.717, 1.165) is 22.0 Å². The van der Waals surface area contributed by atoms with Crippen LogP contribution in [0.5, 0.6) is 11.5 Å². The van der Waals surface area contributed by atoms with Crippen molar-refractivity contribution in [3.63, 3.8) is 0 Å². The van der Waals surface area contributed by atoms with Crippen molar-refractivity contribution in [1.29, 1.82) is 0 Å². The summed E-state index contributed by atoms with van der Waals surface area (Å²) in [7, 11) is 1.60. The minimum atomic E-state index is -0.0924. The zero-order valence-electron chi connectivity index (χ0n) is 18.7. The summed E-state index contributed by atoms with van der Waals surface area (Å²) in [4.78, 5) is 16.9. The van der Waals surface area contributed by atoms with Gasteiger partial charge in [-0.3, -0.25) is 4.79 Å². The Morgan fingerprint density at radius 3 is 2.82 bits per heavy atom. The molecule has 0 radical (unpaired) electrons. The van der Waals surface area contributed by atoms with Gasteiger partial charge in [-0.05, 0) is 30.7 Å². The van der Waals surface area contributed by atoms with E-state index in [-0.39, 0.29) is 18.9 Å². The maximum atomic E-state index is 12.4. The molecule has 0 saturated heterocycles. The highest BCUT2D eigenvalue weighted by atomic mass is 32.2. The first-order valence-corrected chi connectivity index (χ1v) is 12.3. The van der Waals surface area contributed by atoms with Gasteiger partial charge in [0, 0.05) is 22.9 Å². The molecule has 11 heteroatoms. The van der Waals surface area contributed by atoms with Crippen molar-refractivity contribution >= 4 is 34.7 Å². The fourth-order valence-electron chi connectivity index (χ4n) is 3.02. The molecule has 0 aliphatic heterocycles. The third-order valence-corrected chi connectivity index (χ3v) is 6.70. The smallest absolute Gasteiger partial charge is 0.231 e. The number of carbonyl (C=O) groups is 1. The number of thiazole rings is 1. The van der Waals surface area contributed by atoms with Gasteiger partial charge in [0.2, 0.25) is 11.1 Å². The topological polar surface area (TPSA) is 117 Å². The van der Waals surface area contributed by atoms with E-state index >= 15 is 0 Å². The standard InChI is InChI=1S/C23H24N6O3S2/c1-15-6-3-4-9-19(15)26-21(30)11-22-25-16(13-33-22)14-34-23-28-27-20(29(23)24)12-32-18-8-5-7-17(10-18)31-2/h3-10,13H,11-12,14,24H2,1-2H3,(H,26,30). The average molecular weight is 497 g/mol. The van der Waals surface area contributed by atoms with E-state index in [9.17, 15) is 4.79 Å². The van der Waals surface area contributed by atoms with Crippen molar-refractivity contribution in [3.05, 3.63) is 76.0 Å². The van der Waals surface area contributed by atoms with Gasteiger partial charge in [-0.15, -0.1) is 21.5 Å². The second-order valence-electron chi connectivity index (χ2n) is 7.30. The van der Waals surface area contributed by atoms with Gasteiger partial charge in [-0.1, -0.05) is 36.0 Å². The van der Waals surface area contributed by atoms with Gasteiger partial charge in [0.25, 0.3) is 0 Å². The zero-order chi connectivity index (χ0) is 23.9. The SMILES string of the molecule is COc1cccc(OCc2nnc(SCc3csc(CC(=O)Nc4ccccc4C)n3)n2N)c1. The molecule has 0 aliphatic carbocycles. The van der Waals surface area contributed by atoms with E-state index in [1.54, 1.807) is 13.2 Å². The molecule has 0 aliphatic rings. The number of para-hydroxylation sites is 1. The predicted molar refractivity (Wildman–Crippen MR) is 133 cm³/mol. The van der Waals surface area contributed by atoms with Gasteiger partial charge in [-0.2, -0.15) is 0 Å². The third-order valence-electron chi connectivity index (χ3n) is 4.82. The zero-order valence-corrected chi connectivity index (χ0v) is 20.4. The summed E-state index contributed by atoms with van der Waals surface area (Å²) in [6, 6.07) is 15.0. The molecule has 3 N–H and O–H groups in total. The number of nitrogens with one attached hydrogen (secondary N) is 1. The van der Waals surface area contributed by atoms with Gasteiger partial charge in [0.05, 0.1) is 19.2 Å². The molecule has 0 bridgehead atoms. The van der Waals surface area contributed by atoms with Crippen molar-refractivity contribution in [3.8, 4) is 11.5 Å². The molecule has 2 aromatic heterocycles. The van der Waals surface area contributed by atoms with Gasteiger partial charge in [-0.25, -0.2) is 9.66 Å². The number of nitrogens with two attached hydrogens (primary N) is 1. The number of aryl methyl sites for hydroxylation is 1. The van der Waals surface area contributed by atoms with Crippen molar-refractivity contribution in [2.75, 3.05) is 18.3 Å². The Morgan fingerprint density at radius 2 is 2.00 bits per heavy atom. The van der Waals surface area contributed by atoms with Crippen LogP contribution in [0.4, 0.5) is 5.69 Å². The van der Waals surface area contributed by atoms with E-state index in [1.807, 2.05) is 54.8 Å². The van der Waals surface area contributed by atoms with Crippen LogP contribution >= 0.6 is 23.1 Å². The van der Waals surface area contributed by atoms with Crippen LogP contribution in [0.2, 0.25) is 0 Å². The van der Waals surface area contributed by atoms with Crippen LogP contribution < -0.4 is 20.6 Å². The Balaban J connectivity index is 1.28. The van der Waals surface area contributed by atoms with E-state index in [4.69, 9.17) is 15.3 Å². The quantitative estimate of drug-likeness (QED) is 0.251. The predicted octanol–water partition coefficient (Wildman–Crippen LogP) is 3.82.